The summed E-state index contributed by atoms with van der Waals surface area (Å²) in [6, 6.07) is 16.7. The molecule has 0 unspecified atom stereocenters. The fourth-order valence-electron chi connectivity index (χ4n) is 5.51. The van der Waals surface area contributed by atoms with Gasteiger partial charge < -0.3 is 30.2 Å². The van der Waals surface area contributed by atoms with E-state index in [1.807, 2.05) is 48.5 Å². The maximum Gasteiger partial charge on any atom is 0.247 e. The number of allylic oxidation sites excluding steroid dienone is 1. The molecule has 2 aromatic carbocycles. The van der Waals surface area contributed by atoms with E-state index < -0.39 is 24.2 Å². The minimum Gasteiger partial charge on any atom is -0.486 e. The summed E-state index contributed by atoms with van der Waals surface area (Å²) in [4.78, 5) is 31.8. The van der Waals surface area contributed by atoms with E-state index in [2.05, 4.69) is 22.9 Å². The molecule has 0 fully saturated rings. The summed E-state index contributed by atoms with van der Waals surface area (Å²) < 4.78 is 6.17. The Hall–Kier alpha value is -3.88. The Balaban J connectivity index is 1.48. The van der Waals surface area contributed by atoms with Crippen molar-refractivity contribution >= 4 is 22.7 Å². The highest BCUT2D eigenvalue weighted by atomic mass is 16.5. The van der Waals surface area contributed by atoms with Crippen LogP contribution in [-0.4, -0.2) is 69.9 Å². The minimum atomic E-state index is -1.04. The van der Waals surface area contributed by atoms with Crippen LogP contribution >= 0.6 is 0 Å². The molecule has 4 N–H and O–H groups in total. The number of aromatic amines is 1. The van der Waals surface area contributed by atoms with Gasteiger partial charge in [0.2, 0.25) is 11.8 Å². The van der Waals surface area contributed by atoms with Gasteiger partial charge in [-0.15, -0.1) is 6.58 Å². The Morgan fingerprint density at radius 2 is 1.95 bits per heavy atom. The highest BCUT2D eigenvalue weighted by Crippen LogP contribution is 2.47. The fraction of sp³-hybridized carbons (Fsp3) is 0.333. The molecule has 3 aromatic rings. The summed E-state index contributed by atoms with van der Waals surface area (Å²) in [6.45, 7) is 3.99. The lowest BCUT2D eigenvalue weighted by molar-refractivity contribution is -0.137. The number of benzene rings is 2. The molecule has 0 radical (unpaired) electrons. The molecule has 198 valence electrons. The zero-order chi connectivity index (χ0) is 26.6. The number of ether oxygens (including phenoxy) is 1. The van der Waals surface area contributed by atoms with Crippen molar-refractivity contribution < 1.29 is 24.5 Å². The number of para-hydroxylation sites is 2. The zero-order valence-corrected chi connectivity index (χ0v) is 21.2. The third kappa shape index (κ3) is 4.97. The molecule has 38 heavy (non-hydrogen) atoms. The molecule has 2 aliphatic rings. The highest BCUT2D eigenvalue weighted by molar-refractivity contribution is 5.96. The van der Waals surface area contributed by atoms with E-state index in [-0.39, 0.29) is 31.4 Å². The molecular formula is C30H33N3O5. The maximum atomic E-state index is 13.5. The largest absolute Gasteiger partial charge is 0.486 e. The van der Waals surface area contributed by atoms with Gasteiger partial charge in [0.15, 0.2) is 0 Å². The van der Waals surface area contributed by atoms with Crippen LogP contribution in [0.25, 0.3) is 10.9 Å². The van der Waals surface area contributed by atoms with Crippen LogP contribution in [-0.2, 0) is 16.0 Å². The predicted molar refractivity (Wildman–Crippen MR) is 145 cm³/mol. The van der Waals surface area contributed by atoms with Crippen molar-refractivity contribution in [2.75, 3.05) is 19.7 Å². The fourth-order valence-corrected chi connectivity index (χ4v) is 5.51. The SMILES string of the molecule is C=CCCC(=O)N(CCc1cc2ccccc2[nH]1)[C@@H]1C=C(C(=O)NCCO)[C@@H]2c3ccccc3O[C@@H]2[C@H]1O. The van der Waals surface area contributed by atoms with Crippen molar-refractivity contribution in [2.24, 2.45) is 0 Å². The Kier molecular flexibility index (Phi) is 7.62. The second kappa shape index (κ2) is 11.2. The van der Waals surface area contributed by atoms with Gasteiger partial charge in [-0.2, -0.15) is 0 Å². The zero-order valence-electron chi connectivity index (χ0n) is 21.2. The average molecular weight is 516 g/mol. The monoisotopic (exact) mass is 515 g/mol. The first-order chi connectivity index (χ1) is 18.5. The molecule has 1 aliphatic heterocycles. The number of nitrogens with zero attached hydrogens (tertiary/aromatic N) is 1. The van der Waals surface area contributed by atoms with Gasteiger partial charge >= 0.3 is 0 Å². The van der Waals surface area contributed by atoms with Crippen LogP contribution in [0.15, 0.2) is 78.9 Å². The van der Waals surface area contributed by atoms with Gasteiger partial charge in [-0.25, -0.2) is 0 Å². The first-order valence-corrected chi connectivity index (χ1v) is 13.0. The standard InChI is InChI=1S/C30H33N3O5/c1-2-3-12-26(35)33(15-13-20-17-19-8-4-6-10-23(19)32-20)24-18-22(30(37)31-14-16-34)27-21-9-5-7-11-25(21)38-29(27)28(24)36/h2,4-11,17-18,24,27-29,32,34,36H,1,3,12-16H2,(H,31,37)/t24-,27+,28+,29+/m1/s1. The molecule has 1 aliphatic carbocycles. The van der Waals surface area contributed by atoms with E-state index in [0.29, 0.717) is 30.7 Å². The predicted octanol–water partition coefficient (Wildman–Crippen LogP) is 2.83. The molecule has 0 saturated carbocycles. The molecular weight excluding hydrogens is 482 g/mol. The van der Waals surface area contributed by atoms with Crippen LogP contribution < -0.4 is 10.1 Å². The average Bonchev–Trinajstić information content (AvgIpc) is 3.53. The Labute approximate surface area is 221 Å². The number of hydrogen-bond acceptors (Lipinski definition) is 5. The smallest absolute Gasteiger partial charge is 0.247 e. The van der Waals surface area contributed by atoms with Crippen LogP contribution in [0.3, 0.4) is 0 Å². The first kappa shape index (κ1) is 25.8. The molecule has 2 amide bonds. The van der Waals surface area contributed by atoms with Gasteiger partial charge in [0.25, 0.3) is 0 Å². The number of aliphatic hydroxyl groups excluding tert-OH is 2. The first-order valence-electron chi connectivity index (χ1n) is 13.0. The van der Waals surface area contributed by atoms with E-state index in [0.717, 1.165) is 22.2 Å². The second-order valence-electron chi connectivity index (χ2n) is 9.73. The molecule has 8 heteroatoms. The number of H-pyrrole nitrogens is 1. The van der Waals surface area contributed by atoms with Gasteiger partial charge in [0.1, 0.15) is 18.0 Å². The molecule has 4 atom stereocenters. The molecule has 0 bridgehead atoms. The summed E-state index contributed by atoms with van der Waals surface area (Å²) >= 11 is 0. The Morgan fingerprint density at radius 3 is 2.74 bits per heavy atom. The number of aromatic nitrogens is 1. The van der Waals surface area contributed by atoms with Crippen molar-refractivity contribution in [3.8, 4) is 5.75 Å². The van der Waals surface area contributed by atoms with Gasteiger partial charge in [0.05, 0.1) is 18.6 Å². The number of fused-ring (bicyclic) bond motifs is 4. The van der Waals surface area contributed by atoms with Crippen LogP contribution in [0.4, 0.5) is 0 Å². The van der Waals surface area contributed by atoms with E-state index in [1.54, 1.807) is 17.1 Å². The van der Waals surface area contributed by atoms with Crippen molar-refractivity contribution in [3.05, 3.63) is 90.2 Å². The van der Waals surface area contributed by atoms with E-state index in [9.17, 15) is 19.8 Å². The van der Waals surface area contributed by atoms with E-state index in [1.165, 1.54) is 0 Å². The Morgan fingerprint density at radius 1 is 1.16 bits per heavy atom. The van der Waals surface area contributed by atoms with Gasteiger partial charge in [-0.3, -0.25) is 9.59 Å². The maximum absolute atomic E-state index is 13.5. The van der Waals surface area contributed by atoms with Crippen molar-refractivity contribution in [3.63, 3.8) is 0 Å². The molecule has 5 rings (SSSR count). The molecule has 0 spiro atoms. The van der Waals surface area contributed by atoms with Crippen LogP contribution in [0, 0.1) is 0 Å². The van der Waals surface area contributed by atoms with E-state index in [4.69, 9.17) is 4.74 Å². The molecule has 2 heterocycles. The van der Waals surface area contributed by atoms with Crippen molar-refractivity contribution in [1.82, 2.24) is 15.2 Å². The summed E-state index contributed by atoms with van der Waals surface area (Å²) in [5.74, 6) is -0.341. The van der Waals surface area contributed by atoms with E-state index >= 15 is 0 Å². The quantitative estimate of drug-likeness (QED) is 0.310. The summed E-state index contributed by atoms with van der Waals surface area (Å²) in [6.07, 6.45) is 2.94. The summed E-state index contributed by atoms with van der Waals surface area (Å²) in [5.41, 5.74) is 3.25. The van der Waals surface area contributed by atoms with Gasteiger partial charge in [-0.05, 0) is 36.1 Å². The highest BCUT2D eigenvalue weighted by Gasteiger charge is 2.50. The van der Waals surface area contributed by atoms with Crippen LogP contribution in [0.1, 0.15) is 30.0 Å². The van der Waals surface area contributed by atoms with Crippen molar-refractivity contribution in [2.45, 2.75) is 43.4 Å². The summed E-state index contributed by atoms with van der Waals surface area (Å²) in [7, 11) is 0. The molecule has 8 nitrogen and oxygen atoms in total. The van der Waals surface area contributed by atoms with Crippen LogP contribution in [0.5, 0.6) is 5.75 Å². The molecule has 1 aromatic heterocycles. The van der Waals surface area contributed by atoms with Crippen molar-refractivity contribution in [1.29, 1.82) is 0 Å². The summed E-state index contributed by atoms with van der Waals surface area (Å²) in [5, 5.41) is 24.7. The number of amides is 2. The number of carbonyl (C=O) groups excluding carboxylic acids is 2. The van der Waals surface area contributed by atoms with Crippen LogP contribution in [0.2, 0.25) is 0 Å². The second-order valence-corrected chi connectivity index (χ2v) is 9.73. The third-order valence-electron chi connectivity index (χ3n) is 7.33. The number of nitrogens with one attached hydrogen (secondary N) is 2. The molecule has 0 saturated heterocycles. The number of carbonyl (C=O) groups is 2. The lowest BCUT2D eigenvalue weighted by Gasteiger charge is -2.40. The topological polar surface area (TPSA) is 115 Å². The lowest BCUT2D eigenvalue weighted by atomic mass is 9.77. The Bertz CT molecular complexity index is 1330. The normalized spacial score (nSPS) is 21.7. The van der Waals surface area contributed by atoms with Gasteiger partial charge in [-0.1, -0.05) is 42.5 Å². The third-order valence-corrected chi connectivity index (χ3v) is 7.33. The van der Waals surface area contributed by atoms with Gasteiger partial charge in [0, 0.05) is 48.3 Å². The number of rotatable bonds is 10. The number of aliphatic hydroxyl groups is 2. The number of hydrogen-bond donors (Lipinski definition) is 4. The minimum absolute atomic E-state index is 0.103. The lowest BCUT2D eigenvalue weighted by Crippen LogP contribution is -2.56.